The third kappa shape index (κ3) is 8.38. The minimum Gasteiger partial charge on any atom is -0.481 e. The molecular weight excluding hydrogens is 921 g/mol. The maximum absolute atomic E-state index is 13.6. The second-order valence-electron chi connectivity index (χ2n) is 9.21. The minimum absolute atomic E-state index is 0.0745. The molecule has 4 rings (SSSR count). The van der Waals surface area contributed by atoms with E-state index in [-0.39, 0.29) is 40.4 Å². The summed E-state index contributed by atoms with van der Waals surface area (Å²) in [6, 6.07) is 13.2. The van der Waals surface area contributed by atoms with Crippen molar-refractivity contribution < 1.29 is 46.3 Å². The van der Waals surface area contributed by atoms with Crippen molar-refractivity contribution in [3.05, 3.63) is 76.4 Å². The summed E-state index contributed by atoms with van der Waals surface area (Å²) in [4.78, 5) is 39.1. The maximum atomic E-state index is 13.6. The molecule has 1 aliphatic carbocycles. The van der Waals surface area contributed by atoms with Crippen LogP contribution in [0.15, 0.2) is 59.5 Å². The SMILES string of the molecule is C#CC1(OC(=O)COc2cccc(C(=O)Oc3ccc(I)cc3)c2C(=O)Oc2cc(I)c(S(=O)(=O)O)c(I)c2)CCCC1. The summed E-state index contributed by atoms with van der Waals surface area (Å²) < 4.78 is 56.3. The van der Waals surface area contributed by atoms with E-state index in [9.17, 15) is 27.4 Å². The zero-order valence-corrected chi connectivity index (χ0v) is 29.3. The molecule has 1 N–H and O–H groups in total. The predicted molar refractivity (Wildman–Crippen MR) is 179 cm³/mol. The van der Waals surface area contributed by atoms with Crippen molar-refractivity contribution in [3.8, 4) is 29.6 Å². The highest BCUT2D eigenvalue weighted by Gasteiger charge is 2.36. The lowest BCUT2D eigenvalue weighted by molar-refractivity contribution is -0.156. The first-order valence-corrected chi connectivity index (χ1v) is 17.1. The van der Waals surface area contributed by atoms with Gasteiger partial charge in [-0.15, -0.1) is 6.42 Å². The van der Waals surface area contributed by atoms with E-state index in [1.807, 2.05) is 0 Å². The van der Waals surface area contributed by atoms with E-state index in [0.717, 1.165) is 16.4 Å². The van der Waals surface area contributed by atoms with Gasteiger partial charge in [0.1, 0.15) is 27.7 Å². The summed E-state index contributed by atoms with van der Waals surface area (Å²) in [7, 11) is -4.54. The van der Waals surface area contributed by atoms with Gasteiger partial charge in [0, 0.05) is 10.7 Å². The molecule has 0 saturated heterocycles. The minimum atomic E-state index is -4.54. The van der Waals surface area contributed by atoms with Crippen LogP contribution in [0.4, 0.5) is 0 Å². The van der Waals surface area contributed by atoms with Gasteiger partial charge in [0.05, 0.1) is 5.56 Å². The first kappa shape index (κ1) is 33.4. The van der Waals surface area contributed by atoms with Crippen LogP contribution in [-0.4, -0.2) is 43.1 Å². The van der Waals surface area contributed by atoms with Gasteiger partial charge in [-0.1, -0.05) is 12.0 Å². The monoisotopic (exact) mass is 942 g/mol. The van der Waals surface area contributed by atoms with Crippen LogP contribution in [0.3, 0.4) is 0 Å². The Labute approximate surface area is 288 Å². The van der Waals surface area contributed by atoms with Crippen LogP contribution in [0.1, 0.15) is 46.4 Å². The smallest absolute Gasteiger partial charge is 0.348 e. The number of hydrogen-bond acceptors (Lipinski definition) is 9. The fourth-order valence-corrected chi connectivity index (χ4v) is 8.65. The molecule has 0 aromatic heterocycles. The molecule has 0 amide bonds. The Kier molecular flexibility index (Phi) is 11.0. The number of hydrogen-bond donors (Lipinski definition) is 1. The number of carbonyl (C=O) groups excluding carboxylic acids is 3. The van der Waals surface area contributed by atoms with Crippen LogP contribution >= 0.6 is 67.8 Å². The van der Waals surface area contributed by atoms with Crippen molar-refractivity contribution in [2.75, 3.05) is 6.61 Å². The van der Waals surface area contributed by atoms with Gasteiger partial charge < -0.3 is 18.9 Å². The molecule has 1 aliphatic rings. The van der Waals surface area contributed by atoms with E-state index in [1.165, 1.54) is 30.3 Å². The van der Waals surface area contributed by atoms with Gasteiger partial charge in [-0.3, -0.25) is 4.55 Å². The van der Waals surface area contributed by atoms with E-state index < -0.39 is 40.2 Å². The molecule has 14 heteroatoms. The van der Waals surface area contributed by atoms with E-state index in [4.69, 9.17) is 25.4 Å². The third-order valence-corrected chi connectivity index (χ3v) is 10.4. The van der Waals surface area contributed by atoms with Crippen LogP contribution in [0, 0.1) is 23.1 Å². The van der Waals surface area contributed by atoms with Gasteiger partial charge >= 0.3 is 17.9 Å². The van der Waals surface area contributed by atoms with E-state index in [1.54, 1.807) is 69.4 Å². The summed E-state index contributed by atoms with van der Waals surface area (Å²) in [5, 5.41) is 0. The molecule has 224 valence electrons. The molecule has 0 radical (unpaired) electrons. The lowest BCUT2D eigenvalue weighted by Crippen LogP contribution is -2.32. The number of esters is 3. The van der Waals surface area contributed by atoms with Crippen LogP contribution in [0.25, 0.3) is 0 Å². The number of carbonyl (C=O) groups is 3. The average Bonchev–Trinajstić information content (AvgIpc) is 3.40. The van der Waals surface area contributed by atoms with Gasteiger partial charge in [-0.25, -0.2) is 14.4 Å². The lowest BCUT2D eigenvalue weighted by Gasteiger charge is -2.23. The Morgan fingerprint density at radius 3 is 2.09 bits per heavy atom. The largest absolute Gasteiger partial charge is 0.481 e. The second kappa shape index (κ2) is 14.1. The average molecular weight is 942 g/mol. The third-order valence-electron chi connectivity index (χ3n) is 6.24. The number of ether oxygens (including phenoxy) is 4. The first-order valence-electron chi connectivity index (χ1n) is 12.4. The van der Waals surface area contributed by atoms with Crippen LogP contribution in [0.5, 0.6) is 17.2 Å². The van der Waals surface area contributed by atoms with Crippen molar-refractivity contribution in [3.63, 3.8) is 0 Å². The Hall–Kier alpha value is -2.47. The van der Waals surface area contributed by atoms with Crippen molar-refractivity contribution in [1.82, 2.24) is 0 Å². The van der Waals surface area contributed by atoms with Crippen molar-refractivity contribution in [1.29, 1.82) is 0 Å². The zero-order valence-electron chi connectivity index (χ0n) is 22.0. The fourth-order valence-electron chi connectivity index (χ4n) is 4.30. The Morgan fingerprint density at radius 2 is 1.51 bits per heavy atom. The fraction of sp³-hybridized carbons (Fsp3) is 0.207. The van der Waals surface area contributed by atoms with Crippen molar-refractivity contribution in [2.45, 2.75) is 36.2 Å². The topological polar surface area (TPSA) is 142 Å². The summed E-state index contributed by atoms with van der Waals surface area (Å²) >= 11 is 5.46. The molecule has 1 fully saturated rings. The number of terminal acetylenes is 1. The van der Waals surface area contributed by atoms with Gasteiger partial charge in [-0.05, 0) is 142 Å². The van der Waals surface area contributed by atoms with E-state index in [2.05, 4.69) is 28.5 Å². The first-order chi connectivity index (χ1) is 20.3. The summed E-state index contributed by atoms with van der Waals surface area (Å²) in [6.07, 6.45) is 8.31. The number of rotatable bonds is 9. The van der Waals surface area contributed by atoms with Crippen LogP contribution in [-0.2, 0) is 19.6 Å². The molecular formula is C29H21I3O10S. The summed E-state index contributed by atoms with van der Waals surface area (Å²) in [5.41, 5.74) is -1.57. The molecule has 0 unspecified atom stereocenters. The van der Waals surface area contributed by atoms with Crippen LogP contribution in [0.2, 0.25) is 0 Å². The Morgan fingerprint density at radius 1 is 0.907 bits per heavy atom. The molecule has 3 aromatic carbocycles. The highest BCUT2D eigenvalue weighted by molar-refractivity contribution is 14.1. The molecule has 0 atom stereocenters. The molecule has 0 spiro atoms. The van der Waals surface area contributed by atoms with E-state index >= 15 is 0 Å². The molecule has 43 heavy (non-hydrogen) atoms. The summed E-state index contributed by atoms with van der Waals surface area (Å²) in [5.74, 6) is -0.179. The number of benzene rings is 3. The Bertz CT molecular complexity index is 1700. The predicted octanol–water partition coefficient (Wildman–Crippen LogP) is 6.05. The maximum Gasteiger partial charge on any atom is 0.348 e. The molecule has 1 saturated carbocycles. The standard InChI is InChI=1S/C29H21I3O10S/c1-2-29(12-3-4-13-29)42-24(33)16-39-23-7-5-6-20(27(34)40-18-10-8-17(30)9-11-18)25(23)28(35)41-19-14-21(31)26(22(32)15-19)43(36,37)38/h1,5-11,14-15H,3-4,12-13,16H2,(H,36,37,38). The molecule has 10 nitrogen and oxygen atoms in total. The highest BCUT2D eigenvalue weighted by Crippen LogP contribution is 2.34. The molecule has 3 aromatic rings. The zero-order chi connectivity index (χ0) is 31.4. The summed E-state index contributed by atoms with van der Waals surface area (Å²) in [6.45, 7) is -0.613. The second-order valence-corrected chi connectivity index (χ2v) is 14.1. The van der Waals surface area contributed by atoms with Gasteiger partial charge in [-0.2, -0.15) is 8.42 Å². The quantitative estimate of drug-likeness (QED) is 0.0886. The van der Waals surface area contributed by atoms with Gasteiger partial charge in [0.15, 0.2) is 12.2 Å². The molecule has 0 aliphatic heterocycles. The highest BCUT2D eigenvalue weighted by atomic mass is 127. The van der Waals surface area contributed by atoms with Gasteiger partial charge in [0.25, 0.3) is 10.1 Å². The molecule has 0 bridgehead atoms. The van der Waals surface area contributed by atoms with Crippen LogP contribution < -0.4 is 14.2 Å². The lowest BCUT2D eigenvalue weighted by atomic mass is 10.0. The van der Waals surface area contributed by atoms with Crippen molar-refractivity contribution in [2.24, 2.45) is 0 Å². The van der Waals surface area contributed by atoms with Gasteiger partial charge in [0.2, 0.25) is 0 Å². The normalized spacial score (nSPS) is 13.9. The van der Waals surface area contributed by atoms with E-state index in [0.29, 0.717) is 12.8 Å². The van der Waals surface area contributed by atoms with Crippen molar-refractivity contribution >= 4 is 95.8 Å². The number of halogens is 3. The molecule has 0 heterocycles. The Balaban J connectivity index is 1.66.